The maximum atomic E-state index is 11.4. The molecule has 0 aliphatic carbocycles. The lowest BCUT2D eigenvalue weighted by molar-refractivity contribution is -0.154. The lowest BCUT2D eigenvalue weighted by Gasteiger charge is -2.15. The van der Waals surface area contributed by atoms with E-state index in [1.54, 1.807) is 19.1 Å². The van der Waals surface area contributed by atoms with Gasteiger partial charge in [-0.05, 0) is 19.1 Å². The molecule has 0 aromatic carbocycles. The van der Waals surface area contributed by atoms with E-state index in [0.29, 0.717) is 11.5 Å². The van der Waals surface area contributed by atoms with Gasteiger partial charge in [0, 0.05) is 0 Å². The first-order chi connectivity index (χ1) is 6.14. The van der Waals surface area contributed by atoms with Crippen molar-refractivity contribution in [1.82, 2.24) is 0 Å². The smallest absolute Gasteiger partial charge is 0.328 e. The number of esters is 2. The Bertz CT molecular complexity index is 431. The zero-order chi connectivity index (χ0) is 9.22. The molecule has 1 fully saturated rings. The second kappa shape index (κ2) is 1.69. The maximum Gasteiger partial charge on any atom is 0.328 e. The number of carbonyl (C=O) groups is 2. The quantitative estimate of drug-likeness (QED) is 0.433. The van der Waals surface area contributed by atoms with Crippen LogP contribution in [0.5, 0.6) is 0 Å². The van der Waals surface area contributed by atoms with Crippen LogP contribution in [0.1, 0.15) is 24.4 Å². The third-order valence-corrected chi connectivity index (χ3v) is 2.85. The van der Waals surface area contributed by atoms with Crippen LogP contribution >= 0.6 is 0 Å². The summed E-state index contributed by atoms with van der Waals surface area (Å²) in [6.45, 7) is 1.68. The minimum absolute atomic E-state index is 0.498. The molecule has 0 amide bonds. The fourth-order valence-corrected chi connectivity index (χ4v) is 2.04. The Morgan fingerprint density at radius 2 is 2.15 bits per heavy atom. The van der Waals surface area contributed by atoms with E-state index in [2.05, 4.69) is 4.74 Å². The summed E-state index contributed by atoms with van der Waals surface area (Å²) in [5, 5.41) is 0. The molecule has 13 heavy (non-hydrogen) atoms. The van der Waals surface area contributed by atoms with Gasteiger partial charge in [-0.3, -0.25) is 9.59 Å². The molecule has 1 saturated heterocycles. The number of cyclic esters (lactones) is 2. The van der Waals surface area contributed by atoms with Crippen molar-refractivity contribution in [2.24, 2.45) is 0 Å². The zero-order valence-electron chi connectivity index (χ0n) is 6.87. The predicted octanol–water partition coefficient (Wildman–Crippen LogP) is 0.718. The van der Waals surface area contributed by atoms with E-state index in [1.807, 2.05) is 0 Å². The van der Waals surface area contributed by atoms with Crippen molar-refractivity contribution >= 4 is 11.9 Å². The molecule has 0 spiro atoms. The molecule has 2 aliphatic heterocycles. The Kier molecular flexibility index (Phi) is 0.893. The number of fused-ring (bicyclic) bond motifs is 5. The van der Waals surface area contributed by atoms with E-state index in [9.17, 15) is 9.59 Å². The zero-order valence-corrected chi connectivity index (χ0v) is 6.87. The van der Waals surface area contributed by atoms with Crippen molar-refractivity contribution in [2.45, 2.75) is 18.3 Å². The number of rotatable bonds is 0. The van der Waals surface area contributed by atoms with E-state index in [4.69, 9.17) is 4.42 Å². The van der Waals surface area contributed by atoms with Crippen molar-refractivity contribution in [3.8, 4) is 0 Å². The Morgan fingerprint density at radius 1 is 1.38 bits per heavy atom. The number of hydrogen-bond acceptors (Lipinski definition) is 4. The second-order valence-corrected chi connectivity index (χ2v) is 3.55. The molecular weight excluding hydrogens is 172 g/mol. The highest BCUT2D eigenvalue weighted by Gasteiger charge is 2.63. The van der Waals surface area contributed by atoms with Crippen molar-refractivity contribution in [2.75, 3.05) is 0 Å². The SMILES string of the molecule is CC12C(=O)OC(=O)C1c1ccc2o1. The van der Waals surface area contributed by atoms with E-state index in [-0.39, 0.29) is 0 Å². The van der Waals surface area contributed by atoms with Crippen LogP contribution in [0.15, 0.2) is 16.5 Å². The van der Waals surface area contributed by atoms with E-state index in [1.165, 1.54) is 0 Å². The van der Waals surface area contributed by atoms with Crippen LogP contribution in [-0.4, -0.2) is 11.9 Å². The van der Waals surface area contributed by atoms with Crippen molar-refractivity contribution < 1.29 is 18.7 Å². The highest BCUT2D eigenvalue weighted by atomic mass is 16.6. The van der Waals surface area contributed by atoms with E-state index in [0.717, 1.165) is 0 Å². The third kappa shape index (κ3) is 0.528. The minimum Gasteiger partial charge on any atom is -0.464 e. The number of hydrogen-bond donors (Lipinski definition) is 0. The summed E-state index contributed by atoms with van der Waals surface area (Å²) < 4.78 is 9.86. The molecule has 1 aromatic heterocycles. The highest BCUT2D eigenvalue weighted by molar-refractivity contribution is 6.05. The molecule has 4 nitrogen and oxygen atoms in total. The van der Waals surface area contributed by atoms with Crippen LogP contribution in [0.3, 0.4) is 0 Å². The van der Waals surface area contributed by atoms with Crippen LogP contribution in [0.2, 0.25) is 0 Å². The molecule has 0 saturated carbocycles. The van der Waals surface area contributed by atoms with Gasteiger partial charge in [0.1, 0.15) is 22.9 Å². The average Bonchev–Trinajstić information content (AvgIpc) is 2.66. The average molecular weight is 178 g/mol. The summed E-state index contributed by atoms with van der Waals surface area (Å²) in [6.07, 6.45) is 0. The topological polar surface area (TPSA) is 56.5 Å². The Hall–Kier alpha value is -1.58. The van der Waals surface area contributed by atoms with Gasteiger partial charge in [0.2, 0.25) is 0 Å². The predicted molar refractivity (Wildman–Crippen MR) is 39.9 cm³/mol. The molecular formula is C9H6O4. The first-order valence-corrected chi connectivity index (χ1v) is 4.00. The van der Waals surface area contributed by atoms with Crippen molar-refractivity contribution in [3.05, 3.63) is 23.7 Å². The fraction of sp³-hybridized carbons (Fsp3) is 0.333. The van der Waals surface area contributed by atoms with Crippen LogP contribution in [0.25, 0.3) is 0 Å². The molecule has 0 N–H and O–H groups in total. The van der Waals surface area contributed by atoms with Gasteiger partial charge >= 0.3 is 11.9 Å². The fourth-order valence-electron chi connectivity index (χ4n) is 2.04. The number of furan rings is 1. The molecule has 3 rings (SSSR count). The monoisotopic (exact) mass is 178 g/mol. The standard InChI is InChI=1S/C9H6O4/c1-9-5-3-2-4(12-5)6(9)7(10)13-8(9)11/h2-3,6H,1H3. The lowest BCUT2D eigenvalue weighted by atomic mass is 9.75. The molecule has 2 atom stereocenters. The minimum atomic E-state index is -0.888. The van der Waals surface area contributed by atoms with Gasteiger partial charge in [-0.25, -0.2) is 0 Å². The summed E-state index contributed by atoms with van der Waals surface area (Å²) in [5.41, 5.74) is -0.888. The second-order valence-electron chi connectivity index (χ2n) is 3.55. The molecule has 1 aromatic rings. The summed E-state index contributed by atoms with van der Waals surface area (Å²) in [7, 11) is 0. The summed E-state index contributed by atoms with van der Waals surface area (Å²) >= 11 is 0. The number of ether oxygens (including phenoxy) is 1. The summed E-state index contributed by atoms with van der Waals surface area (Å²) in [5.74, 6) is -0.476. The Morgan fingerprint density at radius 3 is 2.85 bits per heavy atom. The van der Waals surface area contributed by atoms with Gasteiger partial charge in [0.15, 0.2) is 0 Å². The largest absolute Gasteiger partial charge is 0.464 e. The van der Waals surface area contributed by atoms with Gasteiger partial charge < -0.3 is 9.15 Å². The first kappa shape index (κ1) is 6.88. The van der Waals surface area contributed by atoms with E-state index >= 15 is 0 Å². The molecule has 0 radical (unpaired) electrons. The maximum absolute atomic E-state index is 11.4. The van der Waals surface area contributed by atoms with Crippen LogP contribution < -0.4 is 0 Å². The van der Waals surface area contributed by atoms with E-state index < -0.39 is 23.3 Å². The number of carbonyl (C=O) groups excluding carboxylic acids is 2. The lowest BCUT2D eigenvalue weighted by Crippen LogP contribution is -2.31. The summed E-state index contributed by atoms with van der Waals surface area (Å²) in [6, 6.07) is 3.42. The van der Waals surface area contributed by atoms with Gasteiger partial charge in [-0.1, -0.05) is 0 Å². The molecule has 4 heteroatoms. The van der Waals surface area contributed by atoms with Crippen molar-refractivity contribution in [1.29, 1.82) is 0 Å². The highest BCUT2D eigenvalue weighted by Crippen LogP contribution is 2.51. The Balaban J connectivity index is 2.30. The normalized spacial score (nSPS) is 35.0. The van der Waals surface area contributed by atoms with Gasteiger partial charge in [0.25, 0.3) is 0 Å². The van der Waals surface area contributed by atoms with Crippen LogP contribution in [-0.2, 0) is 19.7 Å². The van der Waals surface area contributed by atoms with Gasteiger partial charge in [0.05, 0.1) is 0 Å². The Labute approximate surface area is 73.5 Å². The van der Waals surface area contributed by atoms with Gasteiger partial charge in [-0.15, -0.1) is 0 Å². The molecule has 2 aliphatic rings. The van der Waals surface area contributed by atoms with Gasteiger partial charge in [-0.2, -0.15) is 0 Å². The third-order valence-electron chi connectivity index (χ3n) is 2.85. The van der Waals surface area contributed by atoms with Crippen LogP contribution in [0.4, 0.5) is 0 Å². The molecule has 3 heterocycles. The van der Waals surface area contributed by atoms with Crippen molar-refractivity contribution in [3.63, 3.8) is 0 Å². The molecule has 2 bridgehead atoms. The van der Waals surface area contributed by atoms with Crippen LogP contribution in [0, 0.1) is 0 Å². The molecule has 66 valence electrons. The molecule has 2 unspecified atom stereocenters. The first-order valence-electron chi connectivity index (χ1n) is 4.00. The summed E-state index contributed by atoms with van der Waals surface area (Å²) in [4.78, 5) is 22.7.